The van der Waals surface area contributed by atoms with Gasteiger partial charge in [-0.25, -0.2) is 8.42 Å². The molecular formula is C11H15ClN4O4S. The zero-order valence-corrected chi connectivity index (χ0v) is 13.0. The summed E-state index contributed by atoms with van der Waals surface area (Å²) in [4.78, 5) is 16.7. The number of anilines is 1. The normalized spacial score (nSPS) is 13.6. The number of rotatable bonds is 7. The van der Waals surface area contributed by atoms with Crippen LogP contribution in [0.25, 0.3) is 0 Å². The van der Waals surface area contributed by atoms with E-state index in [4.69, 9.17) is 11.6 Å². The molecule has 1 aromatic rings. The van der Waals surface area contributed by atoms with Gasteiger partial charge in [-0.1, -0.05) is 22.8 Å². The minimum Gasteiger partial charge on any atom is -0.399 e. The summed E-state index contributed by atoms with van der Waals surface area (Å²) in [6, 6.07) is 0. The number of oxime groups is 1. The lowest BCUT2D eigenvalue weighted by molar-refractivity contribution is -0.110. The number of amides is 1. The third-order valence-electron chi connectivity index (χ3n) is 2.54. The first-order valence-corrected chi connectivity index (χ1v) is 7.86. The molecule has 1 heterocycles. The highest BCUT2D eigenvalue weighted by Crippen LogP contribution is 2.17. The lowest BCUT2D eigenvalue weighted by atomic mass is 10.2. The van der Waals surface area contributed by atoms with Gasteiger partial charge in [-0.05, 0) is 6.92 Å². The maximum atomic E-state index is 12.1. The lowest BCUT2D eigenvalue weighted by Crippen LogP contribution is -2.37. The summed E-state index contributed by atoms with van der Waals surface area (Å²) in [5.41, 5.74) is -0.0876. The Bertz CT molecular complexity index is 653. The number of nitrogens with zero attached hydrogens (tertiary/aromatic N) is 2. The number of halogens is 1. The van der Waals surface area contributed by atoms with Gasteiger partial charge in [-0.2, -0.15) is 5.10 Å². The standard InChI is InChI=1S/C11H15ClN4O4S/c1-4-5-21(18,19)7(2)9(16-20-3)11(17)14-8-6-13-15-10(8)12/h4,6-7H,1,5H2,2-3H3,(H,13,15)(H,14,17). The Morgan fingerprint density at radius 1 is 1.71 bits per heavy atom. The van der Waals surface area contributed by atoms with Crippen molar-refractivity contribution in [3.05, 3.63) is 24.0 Å². The molecule has 0 fully saturated rings. The summed E-state index contributed by atoms with van der Waals surface area (Å²) in [6.07, 6.45) is 2.52. The van der Waals surface area contributed by atoms with Crippen molar-refractivity contribution in [1.29, 1.82) is 0 Å². The maximum absolute atomic E-state index is 12.1. The van der Waals surface area contributed by atoms with E-state index in [9.17, 15) is 13.2 Å². The Balaban J connectivity index is 3.02. The van der Waals surface area contributed by atoms with Crippen molar-refractivity contribution in [3.8, 4) is 0 Å². The van der Waals surface area contributed by atoms with Crippen LogP contribution in [0.2, 0.25) is 5.15 Å². The Kier molecular flexibility index (Phi) is 5.91. The Morgan fingerprint density at radius 2 is 2.38 bits per heavy atom. The van der Waals surface area contributed by atoms with Crippen LogP contribution in [0, 0.1) is 0 Å². The van der Waals surface area contributed by atoms with Crippen LogP contribution in [-0.2, 0) is 19.5 Å². The summed E-state index contributed by atoms with van der Waals surface area (Å²) in [7, 11) is -2.40. The van der Waals surface area contributed by atoms with E-state index >= 15 is 0 Å². The summed E-state index contributed by atoms with van der Waals surface area (Å²) >= 11 is 5.75. The molecule has 0 spiro atoms. The van der Waals surface area contributed by atoms with Gasteiger partial charge >= 0.3 is 0 Å². The predicted molar refractivity (Wildman–Crippen MR) is 80.1 cm³/mol. The topological polar surface area (TPSA) is 114 Å². The minimum atomic E-state index is -3.61. The molecule has 8 nitrogen and oxygen atoms in total. The average molecular weight is 335 g/mol. The second kappa shape index (κ2) is 7.23. The highest BCUT2D eigenvalue weighted by Gasteiger charge is 2.31. The number of H-pyrrole nitrogens is 1. The molecule has 0 aromatic carbocycles. The zero-order valence-electron chi connectivity index (χ0n) is 11.5. The maximum Gasteiger partial charge on any atom is 0.274 e. The summed E-state index contributed by atoms with van der Waals surface area (Å²) in [5, 5.41) is 10.9. The molecule has 0 aliphatic rings. The molecule has 21 heavy (non-hydrogen) atoms. The molecule has 116 valence electrons. The van der Waals surface area contributed by atoms with E-state index in [1.165, 1.54) is 26.3 Å². The van der Waals surface area contributed by atoms with Crippen molar-refractivity contribution in [3.63, 3.8) is 0 Å². The smallest absolute Gasteiger partial charge is 0.274 e. The molecule has 0 radical (unpaired) electrons. The van der Waals surface area contributed by atoms with Crippen molar-refractivity contribution < 1.29 is 18.0 Å². The summed E-state index contributed by atoms with van der Waals surface area (Å²) in [6.45, 7) is 4.71. The highest BCUT2D eigenvalue weighted by atomic mass is 35.5. The monoisotopic (exact) mass is 334 g/mol. The molecule has 1 rings (SSSR count). The zero-order chi connectivity index (χ0) is 16.0. The lowest BCUT2D eigenvalue weighted by Gasteiger charge is -2.13. The molecule has 10 heteroatoms. The SMILES string of the molecule is C=CCS(=O)(=O)C(C)C(=NOC)C(=O)Nc1cn[nH]c1Cl. The van der Waals surface area contributed by atoms with Crippen LogP contribution in [0.4, 0.5) is 5.69 Å². The molecule has 0 aliphatic heterocycles. The number of carbonyl (C=O) groups is 1. The van der Waals surface area contributed by atoms with Crippen LogP contribution in [-0.4, -0.2) is 48.3 Å². The largest absolute Gasteiger partial charge is 0.399 e. The van der Waals surface area contributed by atoms with E-state index < -0.39 is 21.0 Å². The van der Waals surface area contributed by atoms with Gasteiger partial charge < -0.3 is 10.2 Å². The van der Waals surface area contributed by atoms with Crippen LogP contribution in [0.1, 0.15) is 6.92 Å². The summed E-state index contributed by atoms with van der Waals surface area (Å²) < 4.78 is 24.0. The molecule has 0 aliphatic carbocycles. The molecule has 1 unspecified atom stereocenters. The van der Waals surface area contributed by atoms with Crippen molar-refractivity contribution in [2.45, 2.75) is 12.2 Å². The fraction of sp³-hybridized carbons (Fsp3) is 0.364. The van der Waals surface area contributed by atoms with Crippen LogP contribution >= 0.6 is 11.6 Å². The van der Waals surface area contributed by atoms with Crippen LogP contribution < -0.4 is 5.32 Å². The van der Waals surface area contributed by atoms with Gasteiger partial charge in [0.1, 0.15) is 17.5 Å². The Labute approximate surface area is 127 Å². The second-order valence-corrected chi connectivity index (χ2v) is 6.72. The van der Waals surface area contributed by atoms with Gasteiger partial charge in [-0.15, -0.1) is 6.58 Å². The van der Waals surface area contributed by atoms with Gasteiger partial charge in [0.25, 0.3) is 5.91 Å². The van der Waals surface area contributed by atoms with E-state index in [-0.39, 0.29) is 22.3 Å². The van der Waals surface area contributed by atoms with Gasteiger partial charge in [-0.3, -0.25) is 9.89 Å². The van der Waals surface area contributed by atoms with E-state index in [1.54, 1.807) is 0 Å². The predicted octanol–water partition coefficient (Wildman–Crippen LogP) is 0.993. The number of hydrogen-bond donors (Lipinski definition) is 2. The molecule has 0 bridgehead atoms. The van der Waals surface area contributed by atoms with Gasteiger partial charge in [0.05, 0.1) is 17.6 Å². The van der Waals surface area contributed by atoms with Gasteiger partial charge in [0, 0.05) is 0 Å². The third kappa shape index (κ3) is 4.30. The van der Waals surface area contributed by atoms with Crippen molar-refractivity contribution in [2.75, 3.05) is 18.2 Å². The first-order valence-electron chi connectivity index (χ1n) is 5.77. The van der Waals surface area contributed by atoms with E-state index in [0.29, 0.717) is 0 Å². The number of nitrogens with one attached hydrogen (secondary N) is 2. The third-order valence-corrected chi connectivity index (χ3v) is 4.83. The quantitative estimate of drug-likeness (QED) is 0.438. The van der Waals surface area contributed by atoms with Crippen LogP contribution in [0.3, 0.4) is 0 Å². The number of hydrogen-bond acceptors (Lipinski definition) is 6. The molecule has 1 amide bonds. The number of aromatic nitrogens is 2. The Hall–Kier alpha value is -1.87. The molecule has 2 N–H and O–H groups in total. The van der Waals surface area contributed by atoms with E-state index in [1.807, 2.05) is 0 Å². The Morgan fingerprint density at radius 3 is 2.86 bits per heavy atom. The fourth-order valence-electron chi connectivity index (χ4n) is 1.42. The van der Waals surface area contributed by atoms with Crippen molar-refractivity contribution >= 4 is 38.7 Å². The highest BCUT2D eigenvalue weighted by molar-refractivity contribution is 7.93. The molecular weight excluding hydrogens is 320 g/mol. The van der Waals surface area contributed by atoms with Crippen LogP contribution in [0.5, 0.6) is 0 Å². The van der Waals surface area contributed by atoms with Gasteiger partial charge in [0.15, 0.2) is 15.5 Å². The number of carbonyl (C=O) groups excluding carboxylic acids is 1. The minimum absolute atomic E-state index is 0.113. The van der Waals surface area contributed by atoms with Crippen molar-refractivity contribution in [1.82, 2.24) is 10.2 Å². The molecule has 1 atom stereocenters. The molecule has 0 saturated carbocycles. The van der Waals surface area contributed by atoms with Gasteiger partial charge in [0.2, 0.25) is 0 Å². The fourth-order valence-corrected chi connectivity index (χ4v) is 2.67. The number of sulfone groups is 1. The molecule has 0 saturated heterocycles. The summed E-state index contributed by atoms with van der Waals surface area (Å²) in [5.74, 6) is -1.03. The average Bonchev–Trinajstić information content (AvgIpc) is 2.80. The van der Waals surface area contributed by atoms with Crippen LogP contribution in [0.15, 0.2) is 24.0 Å². The second-order valence-electron chi connectivity index (χ2n) is 3.97. The first kappa shape index (κ1) is 17.2. The van der Waals surface area contributed by atoms with Crippen molar-refractivity contribution in [2.24, 2.45) is 5.16 Å². The first-order chi connectivity index (χ1) is 9.83. The van der Waals surface area contributed by atoms with E-state index in [2.05, 4.69) is 32.1 Å². The van der Waals surface area contributed by atoms with E-state index in [0.717, 1.165) is 0 Å². The molecule has 1 aromatic heterocycles. The number of aromatic amines is 1.